The maximum absolute atomic E-state index is 12.3. The van der Waals surface area contributed by atoms with Gasteiger partial charge in [-0.2, -0.15) is 0 Å². The molecule has 1 aromatic carbocycles. The molecule has 1 amide bonds. The number of benzene rings is 1. The summed E-state index contributed by atoms with van der Waals surface area (Å²) in [6, 6.07) is 13.9. The van der Waals surface area contributed by atoms with E-state index in [-0.39, 0.29) is 12.3 Å². The van der Waals surface area contributed by atoms with Gasteiger partial charge >= 0.3 is 0 Å². The molecule has 0 aliphatic carbocycles. The second-order valence-corrected chi connectivity index (χ2v) is 7.44. The Morgan fingerprint density at radius 3 is 2.50 bits per heavy atom. The van der Waals surface area contributed by atoms with E-state index in [1.54, 1.807) is 11.3 Å². The maximum Gasteiger partial charge on any atom is 0.230 e. The molecule has 0 aliphatic rings. The number of nitrogens with zero attached hydrogens (tertiary/aromatic N) is 3. The van der Waals surface area contributed by atoms with Crippen LogP contribution >= 0.6 is 11.3 Å². The van der Waals surface area contributed by atoms with Crippen molar-refractivity contribution < 1.29 is 4.79 Å². The van der Waals surface area contributed by atoms with Crippen molar-refractivity contribution >= 4 is 28.6 Å². The Morgan fingerprint density at radius 2 is 1.82 bits per heavy atom. The van der Waals surface area contributed by atoms with Crippen molar-refractivity contribution in [1.82, 2.24) is 9.97 Å². The standard InChI is InChI=1S/C22H26N4OS/c1-3-26(4-2)20-11-8-18(9-12-20)24-21(27)15-19-16-28-22(25-19)13-10-17-7-5-6-14-23-17/h5-9,11-12,14,16H,3-4,10,13,15H2,1-2H3,(H,24,27). The van der Waals surface area contributed by atoms with E-state index in [4.69, 9.17) is 0 Å². The third-order valence-electron chi connectivity index (χ3n) is 4.54. The fraction of sp³-hybridized carbons (Fsp3) is 0.318. The summed E-state index contributed by atoms with van der Waals surface area (Å²) in [5.74, 6) is -0.0443. The fourth-order valence-corrected chi connectivity index (χ4v) is 3.84. The Kier molecular flexibility index (Phi) is 7.14. The Balaban J connectivity index is 1.50. The topological polar surface area (TPSA) is 58.1 Å². The van der Waals surface area contributed by atoms with Gasteiger partial charge in [-0.1, -0.05) is 6.07 Å². The lowest BCUT2D eigenvalue weighted by atomic mass is 10.2. The first-order valence-corrected chi connectivity index (χ1v) is 10.5. The molecule has 0 fully saturated rings. The zero-order valence-corrected chi connectivity index (χ0v) is 17.2. The molecule has 146 valence electrons. The molecule has 0 spiro atoms. The monoisotopic (exact) mass is 394 g/mol. The van der Waals surface area contributed by atoms with E-state index in [1.165, 1.54) is 5.69 Å². The highest BCUT2D eigenvalue weighted by Gasteiger charge is 2.09. The summed E-state index contributed by atoms with van der Waals surface area (Å²) in [6.07, 6.45) is 3.80. The van der Waals surface area contributed by atoms with Crippen LogP contribution in [0.15, 0.2) is 54.0 Å². The van der Waals surface area contributed by atoms with Crippen LogP contribution in [-0.4, -0.2) is 29.0 Å². The molecule has 6 heteroatoms. The number of anilines is 2. The zero-order chi connectivity index (χ0) is 19.8. The average molecular weight is 395 g/mol. The number of carbonyl (C=O) groups excluding carboxylic acids is 1. The van der Waals surface area contributed by atoms with Crippen molar-refractivity contribution in [3.8, 4) is 0 Å². The Hall–Kier alpha value is -2.73. The molecular formula is C22H26N4OS. The van der Waals surface area contributed by atoms with E-state index in [0.717, 1.165) is 48.0 Å². The summed E-state index contributed by atoms with van der Waals surface area (Å²) in [4.78, 5) is 23.5. The van der Waals surface area contributed by atoms with Crippen molar-refractivity contribution in [2.75, 3.05) is 23.3 Å². The summed E-state index contributed by atoms with van der Waals surface area (Å²) < 4.78 is 0. The van der Waals surface area contributed by atoms with Crippen LogP contribution in [0.2, 0.25) is 0 Å². The Bertz CT molecular complexity index is 873. The minimum absolute atomic E-state index is 0.0443. The van der Waals surface area contributed by atoms with Crippen molar-refractivity contribution in [3.63, 3.8) is 0 Å². The predicted octanol–water partition coefficient (Wildman–Crippen LogP) is 4.35. The molecular weight excluding hydrogens is 368 g/mol. The van der Waals surface area contributed by atoms with Crippen molar-refractivity contribution in [1.29, 1.82) is 0 Å². The molecule has 28 heavy (non-hydrogen) atoms. The van der Waals surface area contributed by atoms with Gasteiger partial charge in [0.05, 0.1) is 17.1 Å². The van der Waals surface area contributed by atoms with E-state index >= 15 is 0 Å². The van der Waals surface area contributed by atoms with Crippen LogP contribution in [0, 0.1) is 0 Å². The summed E-state index contributed by atoms with van der Waals surface area (Å²) in [5.41, 5.74) is 3.86. The number of rotatable bonds is 9. The van der Waals surface area contributed by atoms with Crippen LogP contribution in [0.4, 0.5) is 11.4 Å². The van der Waals surface area contributed by atoms with Gasteiger partial charge in [0.1, 0.15) is 0 Å². The van der Waals surface area contributed by atoms with Crippen LogP contribution in [0.1, 0.15) is 30.2 Å². The molecule has 0 unspecified atom stereocenters. The van der Waals surface area contributed by atoms with E-state index in [1.807, 2.05) is 54.0 Å². The molecule has 5 nitrogen and oxygen atoms in total. The smallest absolute Gasteiger partial charge is 0.230 e. The summed E-state index contributed by atoms with van der Waals surface area (Å²) in [7, 11) is 0. The largest absolute Gasteiger partial charge is 0.372 e. The van der Waals surface area contributed by atoms with E-state index < -0.39 is 0 Å². The maximum atomic E-state index is 12.3. The molecule has 1 N–H and O–H groups in total. The summed E-state index contributed by atoms with van der Waals surface area (Å²) >= 11 is 1.60. The fourth-order valence-electron chi connectivity index (χ4n) is 3.04. The van der Waals surface area contributed by atoms with Crippen molar-refractivity contribution in [3.05, 3.63) is 70.4 Å². The van der Waals surface area contributed by atoms with Gasteiger partial charge < -0.3 is 10.2 Å². The number of aryl methyl sites for hydroxylation is 2. The highest BCUT2D eigenvalue weighted by molar-refractivity contribution is 7.09. The minimum atomic E-state index is -0.0443. The molecule has 0 bridgehead atoms. The van der Waals surface area contributed by atoms with Crippen LogP contribution in [-0.2, 0) is 24.1 Å². The van der Waals surface area contributed by atoms with Gasteiger partial charge in [-0.25, -0.2) is 4.98 Å². The molecule has 0 saturated carbocycles. The van der Waals surface area contributed by atoms with E-state index in [9.17, 15) is 4.79 Å². The van der Waals surface area contributed by atoms with Gasteiger partial charge in [0.25, 0.3) is 0 Å². The van der Waals surface area contributed by atoms with Gasteiger partial charge in [-0.15, -0.1) is 11.3 Å². The molecule has 3 aromatic rings. The van der Waals surface area contributed by atoms with Crippen LogP contribution < -0.4 is 10.2 Å². The number of thiazole rings is 1. The lowest BCUT2D eigenvalue weighted by Crippen LogP contribution is -2.21. The molecule has 0 radical (unpaired) electrons. The Labute approximate surface area is 170 Å². The second kappa shape index (κ2) is 9.99. The van der Waals surface area contributed by atoms with Crippen LogP contribution in [0.5, 0.6) is 0 Å². The molecule has 3 rings (SSSR count). The van der Waals surface area contributed by atoms with Gasteiger partial charge in [0.15, 0.2) is 0 Å². The molecule has 0 aliphatic heterocycles. The highest BCUT2D eigenvalue weighted by atomic mass is 32.1. The molecule has 2 aromatic heterocycles. The second-order valence-electron chi connectivity index (χ2n) is 6.50. The van der Waals surface area contributed by atoms with Gasteiger partial charge in [0.2, 0.25) is 5.91 Å². The molecule has 0 atom stereocenters. The van der Waals surface area contributed by atoms with Crippen molar-refractivity contribution in [2.45, 2.75) is 33.1 Å². The number of carbonyl (C=O) groups is 1. The van der Waals surface area contributed by atoms with Gasteiger partial charge in [0, 0.05) is 48.2 Å². The van der Waals surface area contributed by atoms with Gasteiger partial charge in [-0.3, -0.25) is 9.78 Å². The SMILES string of the molecule is CCN(CC)c1ccc(NC(=O)Cc2csc(CCc3ccccn3)n2)cc1. The Morgan fingerprint density at radius 1 is 1.04 bits per heavy atom. The third kappa shape index (κ3) is 5.63. The number of hydrogen-bond donors (Lipinski definition) is 1. The number of nitrogens with one attached hydrogen (secondary N) is 1. The summed E-state index contributed by atoms with van der Waals surface area (Å²) in [6.45, 7) is 6.21. The van der Waals surface area contributed by atoms with E-state index in [0.29, 0.717) is 0 Å². The number of amides is 1. The zero-order valence-electron chi connectivity index (χ0n) is 16.4. The normalized spacial score (nSPS) is 10.6. The first-order valence-electron chi connectivity index (χ1n) is 9.66. The number of hydrogen-bond acceptors (Lipinski definition) is 5. The number of aromatic nitrogens is 2. The molecule has 2 heterocycles. The first kappa shape index (κ1) is 20.0. The van der Waals surface area contributed by atoms with Crippen LogP contribution in [0.3, 0.4) is 0 Å². The lowest BCUT2D eigenvalue weighted by molar-refractivity contribution is -0.115. The van der Waals surface area contributed by atoms with Crippen LogP contribution in [0.25, 0.3) is 0 Å². The highest BCUT2D eigenvalue weighted by Crippen LogP contribution is 2.18. The van der Waals surface area contributed by atoms with Crippen molar-refractivity contribution in [2.24, 2.45) is 0 Å². The van der Waals surface area contributed by atoms with E-state index in [2.05, 4.69) is 34.0 Å². The number of pyridine rings is 1. The third-order valence-corrected chi connectivity index (χ3v) is 5.50. The lowest BCUT2D eigenvalue weighted by Gasteiger charge is -2.21. The summed E-state index contributed by atoms with van der Waals surface area (Å²) in [5, 5.41) is 5.96. The minimum Gasteiger partial charge on any atom is -0.372 e. The van der Waals surface area contributed by atoms with Gasteiger partial charge in [-0.05, 0) is 56.7 Å². The quantitative estimate of drug-likeness (QED) is 0.586. The molecule has 0 saturated heterocycles. The average Bonchev–Trinajstić information content (AvgIpc) is 3.16. The first-order chi connectivity index (χ1) is 13.7. The predicted molar refractivity (Wildman–Crippen MR) is 116 cm³/mol.